The van der Waals surface area contributed by atoms with E-state index in [1.54, 1.807) is 26.0 Å². The third kappa shape index (κ3) is 5.37. The van der Waals surface area contributed by atoms with Crippen molar-refractivity contribution in [1.82, 2.24) is 5.32 Å². The van der Waals surface area contributed by atoms with E-state index >= 15 is 0 Å². The Labute approximate surface area is 160 Å². The standard InChI is InChI=1S/C19H21FN2O4S/c1-10-12(3)27-18(22-13(4)23)17(10)19(25)26-9-16(24)21-11(2)14-5-7-15(20)8-6-14/h5-8,11H,9H2,1-4H3,(H,21,24)(H,22,23)/t11-/m1/s1. The van der Waals surface area contributed by atoms with Gasteiger partial charge in [0, 0.05) is 11.8 Å². The van der Waals surface area contributed by atoms with Crippen molar-refractivity contribution < 1.29 is 23.5 Å². The maximum absolute atomic E-state index is 13.0. The van der Waals surface area contributed by atoms with E-state index in [9.17, 15) is 18.8 Å². The van der Waals surface area contributed by atoms with Gasteiger partial charge in [-0.15, -0.1) is 11.3 Å². The number of aryl methyl sites for hydroxylation is 1. The molecule has 0 saturated carbocycles. The number of carbonyl (C=O) groups is 3. The summed E-state index contributed by atoms with van der Waals surface area (Å²) < 4.78 is 18.1. The third-order valence-corrected chi connectivity index (χ3v) is 5.08. The number of carbonyl (C=O) groups excluding carboxylic acids is 3. The van der Waals surface area contributed by atoms with Gasteiger partial charge in [0.1, 0.15) is 10.8 Å². The number of anilines is 1. The molecular formula is C19H21FN2O4S. The molecule has 0 bridgehead atoms. The predicted octanol–water partition coefficient (Wildman–Crippen LogP) is 3.50. The Morgan fingerprint density at radius 2 is 1.81 bits per heavy atom. The molecule has 1 heterocycles. The lowest BCUT2D eigenvalue weighted by molar-refractivity contribution is -0.124. The van der Waals surface area contributed by atoms with Crippen LogP contribution in [0.1, 0.15) is 46.3 Å². The van der Waals surface area contributed by atoms with E-state index in [1.807, 2.05) is 6.92 Å². The Hall–Kier alpha value is -2.74. The van der Waals surface area contributed by atoms with E-state index < -0.39 is 18.5 Å². The smallest absolute Gasteiger partial charge is 0.341 e. The summed E-state index contributed by atoms with van der Waals surface area (Å²) in [4.78, 5) is 36.6. The van der Waals surface area contributed by atoms with Gasteiger partial charge in [-0.3, -0.25) is 9.59 Å². The fraction of sp³-hybridized carbons (Fsp3) is 0.316. The lowest BCUT2D eigenvalue weighted by atomic mass is 10.1. The number of halogens is 1. The average molecular weight is 392 g/mol. The molecule has 1 atom stereocenters. The van der Waals surface area contributed by atoms with Crippen LogP contribution in [0.2, 0.25) is 0 Å². The minimum absolute atomic E-state index is 0.257. The van der Waals surface area contributed by atoms with E-state index in [1.165, 1.54) is 30.4 Å². The number of ether oxygens (including phenoxy) is 1. The summed E-state index contributed by atoms with van der Waals surface area (Å²) in [5.74, 6) is -1.81. The molecular weight excluding hydrogens is 371 g/mol. The van der Waals surface area contributed by atoms with Crippen LogP contribution in [0, 0.1) is 19.7 Å². The monoisotopic (exact) mass is 392 g/mol. The summed E-state index contributed by atoms with van der Waals surface area (Å²) in [6.07, 6.45) is 0. The van der Waals surface area contributed by atoms with Crippen molar-refractivity contribution in [3.05, 3.63) is 51.7 Å². The highest BCUT2D eigenvalue weighted by molar-refractivity contribution is 7.16. The van der Waals surface area contributed by atoms with Crippen LogP contribution in [0.25, 0.3) is 0 Å². The second-order valence-electron chi connectivity index (χ2n) is 6.09. The van der Waals surface area contributed by atoms with E-state index in [0.717, 1.165) is 10.4 Å². The van der Waals surface area contributed by atoms with Gasteiger partial charge in [0.2, 0.25) is 5.91 Å². The molecule has 0 saturated heterocycles. The van der Waals surface area contributed by atoms with Crippen LogP contribution in [0.3, 0.4) is 0 Å². The van der Waals surface area contributed by atoms with Crippen molar-refractivity contribution in [2.45, 2.75) is 33.7 Å². The normalized spacial score (nSPS) is 11.6. The lowest BCUT2D eigenvalue weighted by Crippen LogP contribution is -2.31. The molecule has 2 aromatic rings. The van der Waals surface area contributed by atoms with E-state index in [-0.39, 0.29) is 23.3 Å². The Kier molecular flexibility index (Phi) is 6.68. The molecule has 2 rings (SSSR count). The van der Waals surface area contributed by atoms with Crippen molar-refractivity contribution in [1.29, 1.82) is 0 Å². The minimum Gasteiger partial charge on any atom is -0.452 e. The Bertz CT molecular complexity index is 861. The Morgan fingerprint density at radius 3 is 2.41 bits per heavy atom. The molecule has 144 valence electrons. The van der Waals surface area contributed by atoms with Crippen LogP contribution in [-0.4, -0.2) is 24.4 Å². The summed E-state index contributed by atoms with van der Waals surface area (Å²) in [5, 5.41) is 5.70. The van der Waals surface area contributed by atoms with Crippen LogP contribution in [0.15, 0.2) is 24.3 Å². The number of hydrogen-bond donors (Lipinski definition) is 2. The third-order valence-electron chi connectivity index (χ3n) is 3.96. The summed E-state index contributed by atoms with van der Waals surface area (Å²) in [6, 6.07) is 5.40. The fourth-order valence-corrected chi connectivity index (χ4v) is 3.54. The molecule has 0 fully saturated rings. The first-order valence-corrected chi connectivity index (χ1v) is 9.10. The van der Waals surface area contributed by atoms with Crippen molar-refractivity contribution >= 4 is 34.1 Å². The number of nitrogens with one attached hydrogen (secondary N) is 2. The molecule has 8 heteroatoms. The number of esters is 1. The molecule has 2 N–H and O–H groups in total. The second-order valence-corrected chi connectivity index (χ2v) is 7.31. The highest BCUT2D eigenvalue weighted by atomic mass is 32.1. The molecule has 1 aromatic heterocycles. The molecule has 0 aliphatic carbocycles. The van der Waals surface area contributed by atoms with E-state index in [4.69, 9.17) is 4.74 Å². The van der Waals surface area contributed by atoms with Gasteiger partial charge in [-0.1, -0.05) is 12.1 Å². The molecule has 0 unspecified atom stereocenters. The maximum Gasteiger partial charge on any atom is 0.341 e. The number of thiophene rings is 1. The van der Waals surface area contributed by atoms with Crippen molar-refractivity contribution in [2.24, 2.45) is 0 Å². The van der Waals surface area contributed by atoms with Crippen LogP contribution >= 0.6 is 11.3 Å². The summed E-state index contributed by atoms with van der Waals surface area (Å²) in [6.45, 7) is 6.22. The lowest BCUT2D eigenvalue weighted by Gasteiger charge is -2.14. The number of hydrogen-bond acceptors (Lipinski definition) is 5. The first-order chi connectivity index (χ1) is 12.7. The first kappa shape index (κ1) is 20.6. The van der Waals surface area contributed by atoms with Crippen LogP contribution < -0.4 is 10.6 Å². The van der Waals surface area contributed by atoms with Gasteiger partial charge < -0.3 is 15.4 Å². The van der Waals surface area contributed by atoms with Gasteiger partial charge >= 0.3 is 5.97 Å². The highest BCUT2D eigenvalue weighted by Gasteiger charge is 2.22. The summed E-state index contributed by atoms with van der Waals surface area (Å²) >= 11 is 1.28. The molecule has 1 aromatic carbocycles. The number of amides is 2. The first-order valence-electron chi connectivity index (χ1n) is 8.28. The van der Waals surface area contributed by atoms with Gasteiger partial charge in [-0.2, -0.15) is 0 Å². The van der Waals surface area contributed by atoms with E-state index in [0.29, 0.717) is 10.6 Å². The Morgan fingerprint density at radius 1 is 1.19 bits per heavy atom. The van der Waals surface area contributed by atoms with Gasteiger partial charge in [-0.05, 0) is 44.0 Å². The molecule has 27 heavy (non-hydrogen) atoms. The molecule has 2 amide bonds. The van der Waals surface area contributed by atoms with Gasteiger partial charge in [-0.25, -0.2) is 9.18 Å². The largest absolute Gasteiger partial charge is 0.452 e. The van der Waals surface area contributed by atoms with Crippen LogP contribution in [-0.2, 0) is 14.3 Å². The fourth-order valence-electron chi connectivity index (χ4n) is 2.44. The molecule has 0 spiro atoms. The van der Waals surface area contributed by atoms with Crippen molar-refractivity contribution in [3.8, 4) is 0 Å². The molecule has 6 nitrogen and oxygen atoms in total. The van der Waals surface area contributed by atoms with Crippen LogP contribution in [0.4, 0.5) is 9.39 Å². The zero-order valence-corrected chi connectivity index (χ0v) is 16.3. The van der Waals surface area contributed by atoms with E-state index in [2.05, 4.69) is 10.6 Å². The summed E-state index contributed by atoms with van der Waals surface area (Å²) in [7, 11) is 0. The average Bonchev–Trinajstić information content (AvgIpc) is 2.86. The molecule has 0 aliphatic heterocycles. The summed E-state index contributed by atoms with van der Waals surface area (Å²) in [5.41, 5.74) is 1.69. The Balaban J connectivity index is 1.98. The zero-order valence-electron chi connectivity index (χ0n) is 15.5. The zero-order chi connectivity index (χ0) is 20.1. The number of rotatable bonds is 6. The highest BCUT2D eigenvalue weighted by Crippen LogP contribution is 2.32. The maximum atomic E-state index is 13.0. The molecule has 0 radical (unpaired) electrons. The van der Waals surface area contributed by atoms with Gasteiger partial charge in [0.25, 0.3) is 5.91 Å². The SMILES string of the molecule is CC(=O)Nc1sc(C)c(C)c1C(=O)OCC(=O)N[C@H](C)c1ccc(F)cc1. The van der Waals surface area contributed by atoms with Crippen molar-refractivity contribution in [3.63, 3.8) is 0 Å². The van der Waals surface area contributed by atoms with Gasteiger partial charge in [0.15, 0.2) is 6.61 Å². The molecule has 0 aliphatic rings. The van der Waals surface area contributed by atoms with Crippen molar-refractivity contribution in [2.75, 3.05) is 11.9 Å². The topological polar surface area (TPSA) is 84.5 Å². The quantitative estimate of drug-likeness (QED) is 0.737. The van der Waals surface area contributed by atoms with Crippen LogP contribution in [0.5, 0.6) is 0 Å². The predicted molar refractivity (Wildman–Crippen MR) is 101 cm³/mol. The second kappa shape index (κ2) is 8.77. The van der Waals surface area contributed by atoms with Gasteiger partial charge in [0.05, 0.1) is 11.6 Å². The minimum atomic E-state index is -0.676. The number of benzene rings is 1.